The minimum atomic E-state index is 0. The van der Waals surface area contributed by atoms with Crippen molar-refractivity contribution in [1.29, 1.82) is 0 Å². The van der Waals surface area contributed by atoms with Crippen molar-refractivity contribution in [3.8, 4) is 0 Å². The Morgan fingerprint density at radius 3 is 1.91 bits per heavy atom. The molecule has 1 atom stereocenters. The topological polar surface area (TPSA) is 0 Å². The van der Waals surface area contributed by atoms with E-state index < -0.39 is 0 Å². The summed E-state index contributed by atoms with van der Waals surface area (Å²) in [5, 5.41) is 0. The van der Waals surface area contributed by atoms with Gasteiger partial charge in [-0.15, -0.1) is 0 Å². The molecule has 132 valence electrons. The molecule has 0 amide bonds. The molecule has 0 aliphatic rings. The first-order valence-corrected chi connectivity index (χ1v) is 9.24. The zero-order valence-electron chi connectivity index (χ0n) is 15.3. The summed E-state index contributed by atoms with van der Waals surface area (Å²) >= 11 is 0. The number of hydrogen-bond acceptors (Lipinski definition) is 0. The summed E-state index contributed by atoms with van der Waals surface area (Å²) < 4.78 is 0.987. The molecule has 0 saturated carbocycles. The average molecular weight is 338 g/mol. The van der Waals surface area contributed by atoms with Gasteiger partial charge in [-0.05, 0) is 31.1 Å². The largest absolute Gasteiger partial charge is 1.00 e. The fourth-order valence-corrected chi connectivity index (χ4v) is 3.17. The molecule has 0 fully saturated rings. The second-order valence-electron chi connectivity index (χ2n) is 6.75. The second-order valence-corrected chi connectivity index (χ2v) is 6.75. The SMILES string of the molecule is C=CC[N+](C)(CCCCCCCCCCC)c1ccccc1.[Cl-]. The summed E-state index contributed by atoms with van der Waals surface area (Å²) in [5.74, 6) is 0. The van der Waals surface area contributed by atoms with Crippen molar-refractivity contribution >= 4 is 5.69 Å². The maximum Gasteiger partial charge on any atom is 0.132 e. The number of quaternary nitrogens is 1. The van der Waals surface area contributed by atoms with Gasteiger partial charge in [-0.25, -0.2) is 0 Å². The highest BCUT2D eigenvalue weighted by molar-refractivity contribution is 5.42. The van der Waals surface area contributed by atoms with Crippen LogP contribution in [0.2, 0.25) is 0 Å². The van der Waals surface area contributed by atoms with Crippen molar-refractivity contribution in [1.82, 2.24) is 4.48 Å². The first kappa shape index (κ1) is 22.2. The summed E-state index contributed by atoms with van der Waals surface area (Å²) in [7, 11) is 2.34. The molecule has 0 aliphatic carbocycles. The third kappa shape index (κ3) is 9.17. The lowest BCUT2D eigenvalue weighted by Gasteiger charge is -2.33. The Bertz CT molecular complexity index is 390. The number of unbranched alkanes of at least 4 members (excludes halogenated alkanes) is 8. The molecule has 0 aliphatic heterocycles. The van der Waals surface area contributed by atoms with Crippen LogP contribution in [0.25, 0.3) is 0 Å². The number of para-hydroxylation sites is 1. The molecule has 1 aromatic carbocycles. The van der Waals surface area contributed by atoms with Crippen molar-refractivity contribution in [3.63, 3.8) is 0 Å². The van der Waals surface area contributed by atoms with Crippen molar-refractivity contribution in [2.75, 3.05) is 20.1 Å². The summed E-state index contributed by atoms with van der Waals surface area (Å²) in [6.07, 6.45) is 14.6. The van der Waals surface area contributed by atoms with Crippen LogP contribution in [-0.4, -0.2) is 20.1 Å². The second kappa shape index (κ2) is 13.6. The van der Waals surface area contributed by atoms with Gasteiger partial charge in [0.15, 0.2) is 0 Å². The van der Waals surface area contributed by atoms with E-state index in [1.54, 1.807) is 0 Å². The average Bonchev–Trinajstić information content (AvgIpc) is 2.54. The summed E-state index contributed by atoms with van der Waals surface area (Å²) in [6, 6.07) is 10.9. The molecule has 0 spiro atoms. The van der Waals surface area contributed by atoms with Crippen LogP contribution >= 0.6 is 0 Å². The van der Waals surface area contributed by atoms with E-state index in [4.69, 9.17) is 0 Å². The predicted molar refractivity (Wildman–Crippen MR) is 101 cm³/mol. The molecule has 0 aromatic heterocycles. The van der Waals surface area contributed by atoms with Gasteiger partial charge in [0, 0.05) is 0 Å². The van der Waals surface area contributed by atoms with Crippen molar-refractivity contribution in [3.05, 3.63) is 43.0 Å². The van der Waals surface area contributed by atoms with Gasteiger partial charge in [0.05, 0.1) is 13.6 Å². The van der Waals surface area contributed by atoms with Crippen molar-refractivity contribution < 1.29 is 12.4 Å². The Morgan fingerprint density at radius 2 is 1.39 bits per heavy atom. The highest BCUT2D eigenvalue weighted by Crippen LogP contribution is 2.22. The van der Waals surface area contributed by atoms with Crippen LogP contribution in [0.1, 0.15) is 64.7 Å². The summed E-state index contributed by atoms with van der Waals surface area (Å²) in [4.78, 5) is 0. The number of benzene rings is 1. The van der Waals surface area contributed by atoms with Crippen LogP contribution in [0.15, 0.2) is 43.0 Å². The first-order valence-electron chi connectivity index (χ1n) is 9.24. The summed E-state index contributed by atoms with van der Waals surface area (Å²) in [5.41, 5.74) is 1.40. The molecule has 2 heteroatoms. The fraction of sp³-hybridized carbons (Fsp3) is 0.619. The fourth-order valence-electron chi connectivity index (χ4n) is 3.17. The molecule has 1 aromatic rings. The zero-order valence-corrected chi connectivity index (χ0v) is 16.0. The van der Waals surface area contributed by atoms with Gasteiger partial charge in [-0.2, -0.15) is 0 Å². The molecule has 0 radical (unpaired) electrons. The number of halogens is 1. The van der Waals surface area contributed by atoms with Gasteiger partial charge in [-0.1, -0.05) is 76.6 Å². The number of likely N-dealkylation sites (N-methyl/N-ethyl adjacent to an activating group) is 1. The van der Waals surface area contributed by atoms with E-state index in [0.717, 1.165) is 11.0 Å². The molecule has 0 N–H and O–H groups in total. The minimum absolute atomic E-state index is 0. The maximum atomic E-state index is 3.95. The molecule has 0 bridgehead atoms. The van der Waals surface area contributed by atoms with Gasteiger partial charge in [0.2, 0.25) is 0 Å². The Morgan fingerprint density at radius 1 is 0.870 bits per heavy atom. The minimum Gasteiger partial charge on any atom is -1.00 e. The normalized spacial score (nSPS) is 13.1. The quantitative estimate of drug-likeness (QED) is 0.294. The monoisotopic (exact) mass is 337 g/mol. The van der Waals surface area contributed by atoms with Gasteiger partial charge in [0.25, 0.3) is 0 Å². The van der Waals surface area contributed by atoms with E-state index in [-0.39, 0.29) is 12.4 Å². The lowest BCUT2D eigenvalue weighted by molar-refractivity contribution is -0.00000483. The molecular weight excluding hydrogens is 302 g/mol. The van der Waals surface area contributed by atoms with Crippen LogP contribution in [-0.2, 0) is 0 Å². The molecular formula is C21H36ClN. The van der Waals surface area contributed by atoms with Crippen LogP contribution in [0.5, 0.6) is 0 Å². The highest BCUT2D eigenvalue weighted by atomic mass is 35.5. The third-order valence-electron chi connectivity index (χ3n) is 4.67. The van der Waals surface area contributed by atoms with Gasteiger partial charge >= 0.3 is 0 Å². The summed E-state index contributed by atoms with van der Waals surface area (Å²) in [6.45, 7) is 8.46. The van der Waals surface area contributed by atoms with E-state index in [1.807, 2.05) is 0 Å². The van der Waals surface area contributed by atoms with Gasteiger partial charge < -0.3 is 12.4 Å². The van der Waals surface area contributed by atoms with E-state index in [1.165, 1.54) is 70.0 Å². The third-order valence-corrected chi connectivity index (χ3v) is 4.67. The van der Waals surface area contributed by atoms with E-state index in [9.17, 15) is 0 Å². The lowest BCUT2D eigenvalue weighted by atomic mass is 10.1. The number of nitrogens with zero attached hydrogens (tertiary/aromatic N) is 1. The molecule has 1 unspecified atom stereocenters. The standard InChI is InChI=1S/C21H36N.ClH/c1-4-6-7-8-9-10-11-12-16-20-22(3,19-5-2)21-17-14-13-15-18-21;/h5,13-15,17-18H,2,4,6-12,16,19-20H2,1,3H3;1H/q+1;/p-1. The van der Waals surface area contributed by atoms with Crippen LogP contribution in [0.4, 0.5) is 5.69 Å². The first-order chi connectivity index (χ1) is 10.7. The molecule has 1 nitrogen and oxygen atoms in total. The molecule has 0 saturated heterocycles. The Balaban J connectivity index is 0.00000484. The maximum absolute atomic E-state index is 3.95. The lowest BCUT2D eigenvalue weighted by Crippen LogP contribution is -3.00. The van der Waals surface area contributed by atoms with Crippen LogP contribution < -0.4 is 16.9 Å². The van der Waals surface area contributed by atoms with E-state index >= 15 is 0 Å². The Kier molecular flexibility index (Phi) is 13.2. The molecule has 1 rings (SSSR count). The predicted octanol–water partition coefficient (Wildman–Crippen LogP) is 3.34. The van der Waals surface area contributed by atoms with E-state index in [2.05, 4.69) is 57.0 Å². The molecule has 0 heterocycles. The van der Waals surface area contributed by atoms with Gasteiger partial charge in [0.1, 0.15) is 12.2 Å². The highest BCUT2D eigenvalue weighted by Gasteiger charge is 2.22. The Hall–Kier alpha value is -0.790. The van der Waals surface area contributed by atoms with Crippen molar-refractivity contribution in [2.24, 2.45) is 0 Å². The number of rotatable bonds is 13. The van der Waals surface area contributed by atoms with Crippen molar-refractivity contribution in [2.45, 2.75) is 64.7 Å². The number of hydrogen-bond donors (Lipinski definition) is 0. The van der Waals surface area contributed by atoms with E-state index in [0.29, 0.717) is 0 Å². The Labute approximate surface area is 150 Å². The molecule has 23 heavy (non-hydrogen) atoms. The smallest absolute Gasteiger partial charge is 0.132 e. The van der Waals surface area contributed by atoms with Crippen LogP contribution in [0, 0.1) is 0 Å². The van der Waals surface area contributed by atoms with Crippen LogP contribution in [0.3, 0.4) is 0 Å². The van der Waals surface area contributed by atoms with Gasteiger partial charge in [-0.3, -0.25) is 4.48 Å². The zero-order chi connectivity index (χ0) is 16.1.